The van der Waals surface area contributed by atoms with Crippen LogP contribution in [0, 0.1) is 5.92 Å². The van der Waals surface area contributed by atoms with Gasteiger partial charge in [0.25, 0.3) is 0 Å². The van der Waals surface area contributed by atoms with Gasteiger partial charge in [-0.3, -0.25) is 14.6 Å². The van der Waals surface area contributed by atoms with E-state index in [1.807, 2.05) is 42.7 Å². The van der Waals surface area contributed by atoms with E-state index in [2.05, 4.69) is 24.1 Å². The fourth-order valence-electron chi connectivity index (χ4n) is 4.45. The zero-order chi connectivity index (χ0) is 23.2. The maximum absolute atomic E-state index is 13.0. The molecule has 1 unspecified atom stereocenters. The second kappa shape index (κ2) is 10.5. The van der Waals surface area contributed by atoms with Crippen LogP contribution in [0.25, 0.3) is 5.57 Å². The van der Waals surface area contributed by atoms with Crippen molar-refractivity contribution in [1.29, 1.82) is 0 Å². The predicted octanol–water partition coefficient (Wildman–Crippen LogP) is 6.91. The number of pyridine rings is 1. The number of rotatable bonds is 9. The number of hydrogen-bond acceptors (Lipinski definition) is 3. The van der Waals surface area contributed by atoms with Crippen LogP contribution in [-0.4, -0.2) is 16.6 Å². The summed E-state index contributed by atoms with van der Waals surface area (Å²) in [5.41, 5.74) is 5.56. The molecule has 0 bridgehead atoms. The third-order valence-electron chi connectivity index (χ3n) is 6.15. The molecule has 4 heteroatoms. The van der Waals surface area contributed by atoms with Crippen molar-refractivity contribution in [2.24, 2.45) is 5.92 Å². The number of ketones is 2. The molecule has 0 N–H and O–H groups in total. The van der Waals surface area contributed by atoms with Gasteiger partial charge < -0.3 is 0 Å². The van der Waals surface area contributed by atoms with Crippen molar-refractivity contribution < 1.29 is 9.59 Å². The SMILES string of the molecule is CCC1C(CCC(=O)Cc2ccc(Cl)cc2C(=O)c2ccccc2)=CC=C1c1ccncc1. The summed E-state index contributed by atoms with van der Waals surface area (Å²) in [4.78, 5) is 30.1. The summed E-state index contributed by atoms with van der Waals surface area (Å²) < 4.78 is 0. The minimum atomic E-state index is -0.114. The number of carbonyl (C=O) groups is 2. The quantitative estimate of drug-likeness (QED) is 0.329. The normalized spacial score (nSPS) is 15.2. The molecule has 0 saturated carbocycles. The van der Waals surface area contributed by atoms with Crippen LogP contribution in [-0.2, 0) is 11.2 Å². The minimum Gasteiger partial charge on any atom is -0.299 e. The zero-order valence-electron chi connectivity index (χ0n) is 18.6. The molecular weight excluding hydrogens is 430 g/mol. The van der Waals surface area contributed by atoms with Crippen LogP contribution in [0.2, 0.25) is 5.02 Å². The van der Waals surface area contributed by atoms with Crippen LogP contribution in [0.1, 0.15) is 53.2 Å². The van der Waals surface area contributed by atoms with Gasteiger partial charge >= 0.3 is 0 Å². The molecule has 3 nitrogen and oxygen atoms in total. The van der Waals surface area contributed by atoms with Gasteiger partial charge in [-0.2, -0.15) is 0 Å². The van der Waals surface area contributed by atoms with Gasteiger partial charge in [-0.1, -0.05) is 72.6 Å². The van der Waals surface area contributed by atoms with Gasteiger partial charge in [-0.25, -0.2) is 0 Å². The average Bonchev–Trinajstić information content (AvgIpc) is 3.27. The van der Waals surface area contributed by atoms with E-state index in [-0.39, 0.29) is 18.0 Å². The molecule has 0 saturated heterocycles. The summed E-state index contributed by atoms with van der Waals surface area (Å²) >= 11 is 6.17. The third kappa shape index (κ3) is 5.37. The summed E-state index contributed by atoms with van der Waals surface area (Å²) in [6, 6.07) is 18.3. The van der Waals surface area contributed by atoms with E-state index in [1.165, 1.54) is 16.7 Å². The number of allylic oxidation sites excluding steroid dienone is 4. The number of Topliss-reactive ketones (excluding diaryl/α,β-unsaturated/α-hetero) is 1. The van der Waals surface area contributed by atoms with Crippen LogP contribution in [0.15, 0.2) is 90.8 Å². The van der Waals surface area contributed by atoms with Gasteiger partial charge in [-0.05, 0) is 53.8 Å². The largest absolute Gasteiger partial charge is 0.299 e. The molecule has 0 fully saturated rings. The molecule has 0 amide bonds. The van der Waals surface area contributed by atoms with Gasteiger partial charge in [0.2, 0.25) is 0 Å². The second-order valence-corrected chi connectivity index (χ2v) is 8.71. The topological polar surface area (TPSA) is 47.0 Å². The second-order valence-electron chi connectivity index (χ2n) is 8.27. The maximum atomic E-state index is 13.0. The molecular formula is C29H26ClNO2. The van der Waals surface area contributed by atoms with E-state index in [0.29, 0.717) is 28.5 Å². The van der Waals surface area contributed by atoms with Crippen molar-refractivity contribution in [2.45, 2.75) is 32.6 Å². The Morgan fingerprint density at radius 3 is 2.45 bits per heavy atom. The Bertz CT molecular complexity index is 1210. The van der Waals surface area contributed by atoms with E-state index >= 15 is 0 Å². The van der Waals surface area contributed by atoms with Crippen LogP contribution in [0.4, 0.5) is 0 Å². The highest BCUT2D eigenvalue weighted by Crippen LogP contribution is 2.38. The first-order valence-corrected chi connectivity index (χ1v) is 11.7. The summed E-state index contributed by atoms with van der Waals surface area (Å²) in [6.07, 6.45) is 10.3. The summed E-state index contributed by atoms with van der Waals surface area (Å²) in [7, 11) is 0. The number of halogens is 1. The van der Waals surface area contributed by atoms with Crippen molar-refractivity contribution in [2.75, 3.05) is 0 Å². The lowest BCUT2D eigenvalue weighted by atomic mass is 9.86. The van der Waals surface area contributed by atoms with Gasteiger partial charge in [0.15, 0.2) is 5.78 Å². The molecule has 3 aromatic rings. The van der Waals surface area contributed by atoms with E-state index in [1.54, 1.807) is 30.3 Å². The van der Waals surface area contributed by atoms with Gasteiger partial charge in [0.1, 0.15) is 5.78 Å². The molecule has 1 aliphatic carbocycles. The highest BCUT2D eigenvalue weighted by molar-refractivity contribution is 6.31. The fourth-order valence-corrected chi connectivity index (χ4v) is 4.63. The molecule has 1 aromatic heterocycles. The van der Waals surface area contributed by atoms with Crippen molar-refractivity contribution in [3.8, 4) is 0 Å². The van der Waals surface area contributed by atoms with Crippen molar-refractivity contribution in [1.82, 2.24) is 4.98 Å². The molecule has 0 spiro atoms. The summed E-state index contributed by atoms with van der Waals surface area (Å²) in [5.74, 6) is 0.329. The Labute approximate surface area is 199 Å². The monoisotopic (exact) mass is 455 g/mol. The summed E-state index contributed by atoms with van der Waals surface area (Å²) in [6.45, 7) is 2.18. The summed E-state index contributed by atoms with van der Waals surface area (Å²) in [5, 5.41) is 0.488. The fraction of sp³-hybridized carbons (Fsp3) is 0.207. The van der Waals surface area contributed by atoms with Crippen molar-refractivity contribution in [3.05, 3.63) is 118 Å². The maximum Gasteiger partial charge on any atom is 0.193 e. The first-order valence-electron chi connectivity index (χ1n) is 11.3. The number of hydrogen-bond donors (Lipinski definition) is 0. The number of aromatic nitrogens is 1. The van der Waals surface area contributed by atoms with Gasteiger partial charge in [0.05, 0.1) is 0 Å². The molecule has 1 atom stereocenters. The van der Waals surface area contributed by atoms with Crippen LogP contribution >= 0.6 is 11.6 Å². The Morgan fingerprint density at radius 1 is 0.970 bits per heavy atom. The lowest BCUT2D eigenvalue weighted by Crippen LogP contribution is -2.11. The molecule has 0 radical (unpaired) electrons. The molecule has 2 aromatic carbocycles. The molecule has 4 rings (SSSR count). The molecule has 33 heavy (non-hydrogen) atoms. The predicted molar refractivity (Wildman–Crippen MR) is 133 cm³/mol. The highest BCUT2D eigenvalue weighted by atomic mass is 35.5. The first kappa shape index (κ1) is 22.9. The van der Waals surface area contributed by atoms with Crippen LogP contribution in [0.3, 0.4) is 0 Å². The van der Waals surface area contributed by atoms with E-state index in [4.69, 9.17) is 11.6 Å². The van der Waals surface area contributed by atoms with Gasteiger partial charge in [-0.15, -0.1) is 0 Å². The molecule has 1 heterocycles. The molecule has 0 aliphatic heterocycles. The number of benzene rings is 2. The van der Waals surface area contributed by atoms with Crippen LogP contribution in [0.5, 0.6) is 0 Å². The van der Waals surface area contributed by atoms with E-state index in [9.17, 15) is 9.59 Å². The average molecular weight is 456 g/mol. The Kier molecular flexibility index (Phi) is 7.31. The molecule has 166 valence electrons. The number of carbonyl (C=O) groups excluding carboxylic acids is 2. The molecule has 1 aliphatic rings. The standard InChI is InChI=1S/C29H26ClNO2/c1-2-26-20(10-13-27(26)21-14-16-31-17-15-21)9-12-25(32)18-23-8-11-24(30)19-28(23)29(33)22-6-4-3-5-7-22/h3-8,10-11,13-17,19,26H,2,9,12,18H2,1H3. The Hall–Kier alpha value is -3.30. The zero-order valence-corrected chi connectivity index (χ0v) is 19.4. The Morgan fingerprint density at radius 2 is 1.73 bits per heavy atom. The van der Waals surface area contributed by atoms with Crippen molar-refractivity contribution >= 4 is 28.7 Å². The smallest absolute Gasteiger partial charge is 0.193 e. The Balaban J connectivity index is 1.42. The third-order valence-corrected chi connectivity index (χ3v) is 6.39. The van der Waals surface area contributed by atoms with Gasteiger partial charge in [0, 0.05) is 47.3 Å². The lowest BCUT2D eigenvalue weighted by Gasteiger charge is -2.18. The highest BCUT2D eigenvalue weighted by Gasteiger charge is 2.23. The lowest BCUT2D eigenvalue weighted by molar-refractivity contribution is -0.118. The number of nitrogens with zero attached hydrogens (tertiary/aromatic N) is 1. The van der Waals surface area contributed by atoms with E-state index in [0.717, 1.165) is 18.4 Å². The first-order chi connectivity index (χ1) is 16.1. The minimum absolute atomic E-state index is 0.114. The van der Waals surface area contributed by atoms with Crippen LogP contribution < -0.4 is 0 Å². The van der Waals surface area contributed by atoms with Crippen molar-refractivity contribution in [3.63, 3.8) is 0 Å². The van der Waals surface area contributed by atoms with E-state index < -0.39 is 0 Å².